The molecule has 1 aromatic heterocycles. The maximum Gasteiger partial charge on any atom is 0.277 e. The second-order valence-electron chi connectivity index (χ2n) is 6.89. The van der Waals surface area contributed by atoms with Gasteiger partial charge in [0.05, 0.1) is 0 Å². The van der Waals surface area contributed by atoms with E-state index in [4.69, 9.17) is 0 Å². The minimum Gasteiger partial charge on any atom is -0.350 e. The topological polar surface area (TPSA) is 58.1 Å². The van der Waals surface area contributed by atoms with Gasteiger partial charge in [0.15, 0.2) is 0 Å². The fourth-order valence-electron chi connectivity index (χ4n) is 3.12. The standard InChI is InChI=1S/C23H26N4O/c1-5-27(20-12-8-9-16(2)13-20)22(28)21-14-18(4)25-23(26-21)24-15-19-11-7-6-10-17(19)3/h6-14H,5,15H2,1-4H3,(H,24,25,26). The minimum atomic E-state index is -0.127. The first-order chi connectivity index (χ1) is 13.5. The predicted octanol–water partition coefficient (Wildman–Crippen LogP) is 4.68. The van der Waals surface area contributed by atoms with Gasteiger partial charge in [0.25, 0.3) is 5.91 Å². The van der Waals surface area contributed by atoms with Crippen LogP contribution in [0.1, 0.15) is 39.8 Å². The molecule has 28 heavy (non-hydrogen) atoms. The van der Waals surface area contributed by atoms with Crippen LogP contribution >= 0.6 is 0 Å². The summed E-state index contributed by atoms with van der Waals surface area (Å²) in [5.41, 5.74) is 5.52. The summed E-state index contributed by atoms with van der Waals surface area (Å²) in [5, 5.41) is 3.25. The van der Waals surface area contributed by atoms with E-state index in [1.54, 1.807) is 11.0 Å². The first kappa shape index (κ1) is 19.5. The zero-order chi connectivity index (χ0) is 20.1. The van der Waals surface area contributed by atoms with Crippen LogP contribution in [0.2, 0.25) is 0 Å². The van der Waals surface area contributed by atoms with Crippen LogP contribution in [0, 0.1) is 20.8 Å². The normalized spacial score (nSPS) is 10.6. The lowest BCUT2D eigenvalue weighted by atomic mass is 10.1. The highest BCUT2D eigenvalue weighted by atomic mass is 16.2. The molecule has 0 saturated heterocycles. The van der Waals surface area contributed by atoms with Crippen LogP contribution in [0.5, 0.6) is 0 Å². The molecule has 2 aromatic carbocycles. The molecule has 5 heteroatoms. The molecule has 144 valence electrons. The largest absolute Gasteiger partial charge is 0.350 e. The summed E-state index contributed by atoms with van der Waals surface area (Å²) >= 11 is 0. The molecule has 1 amide bonds. The average Bonchev–Trinajstić information content (AvgIpc) is 2.67. The minimum absolute atomic E-state index is 0.127. The van der Waals surface area contributed by atoms with Gasteiger partial charge >= 0.3 is 0 Å². The van der Waals surface area contributed by atoms with E-state index in [9.17, 15) is 4.79 Å². The van der Waals surface area contributed by atoms with E-state index in [0.29, 0.717) is 24.7 Å². The molecule has 1 N–H and O–H groups in total. The van der Waals surface area contributed by atoms with Crippen LogP contribution in [0.3, 0.4) is 0 Å². The number of aryl methyl sites for hydroxylation is 3. The summed E-state index contributed by atoms with van der Waals surface area (Å²) in [7, 11) is 0. The van der Waals surface area contributed by atoms with E-state index < -0.39 is 0 Å². The molecule has 0 atom stereocenters. The third kappa shape index (κ3) is 4.55. The zero-order valence-corrected chi connectivity index (χ0v) is 16.9. The highest BCUT2D eigenvalue weighted by Crippen LogP contribution is 2.19. The van der Waals surface area contributed by atoms with E-state index in [0.717, 1.165) is 16.9 Å². The Kier molecular flexibility index (Phi) is 6.04. The van der Waals surface area contributed by atoms with Gasteiger partial charge in [0.1, 0.15) is 5.69 Å². The number of amides is 1. The lowest BCUT2D eigenvalue weighted by Crippen LogP contribution is -2.31. The number of nitrogens with one attached hydrogen (secondary N) is 1. The molecule has 0 aliphatic heterocycles. The van der Waals surface area contributed by atoms with Crippen LogP contribution in [-0.4, -0.2) is 22.4 Å². The van der Waals surface area contributed by atoms with Crippen LogP contribution in [-0.2, 0) is 6.54 Å². The molecule has 0 aliphatic rings. The van der Waals surface area contributed by atoms with Gasteiger partial charge in [0, 0.05) is 24.5 Å². The first-order valence-electron chi connectivity index (χ1n) is 9.50. The lowest BCUT2D eigenvalue weighted by molar-refractivity contribution is 0.0983. The molecule has 1 heterocycles. The molecule has 3 rings (SSSR count). The number of hydrogen-bond donors (Lipinski definition) is 1. The van der Waals surface area contributed by atoms with Gasteiger partial charge in [-0.15, -0.1) is 0 Å². The van der Waals surface area contributed by atoms with Gasteiger partial charge in [-0.2, -0.15) is 0 Å². The predicted molar refractivity (Wildman–Crippen MR) is 114 cm³/mol. The molecule has 0 spiro atoms. The Hall–Kier alpha value is -3.21. The number of anilines is 2. The van der Waals surface area contributed by atoms with Gasteiger partial charge < -0.3 is 10.2 Å². The van der Waals surface area contributed by atoms with Crippen molar-refractivity contribution in [2.24, 2.45) is 0 Å². The smallest absolute Gasteiger partial charge is 0.277 e. The van der Waals surface area contributed by atoms with E-state index >= 15 is 0 Å². The number of carbonyl (C=O) groups excluding carboxylic acids is 1. The van der Waals surface area contributed by atoms with Gasteiger partial charge in [-0.25, -0.2) is 9.97 Å². The summed E-state index contributed by atoms with van der Waals surface area (Å²) in [6.07, 6.45) is 0. The van der Waals surface area contributed by atoms with Crippen molar-refractivity contribution in [1.82, 2.24) is 9.97 Å². The van der Waals surface area contributed by atoms with Crippen molar-refractivity contribution in [2.75, 3.05) is 16.8 Å². The Morgan fingerprint density at radius 3 is 2.50 bits per heavy atom. The van der Waals surface area contributed by atoms with E-state index in [1.807, 2.05) is 57.2 Å². The Bertz CT molecular complexity index is 984. The SMILES string of the molecule is CCN(C(=O)c1cc(C)nc(NCc2ccccc2C)n1)c1cccc(C)c1. The molecule has 0 unspecified atom stereocenters. The zero-order valence-electron chi connectivity index (χ0n) is 16.9. The summed E-state index contributed by atoms with van der Waals surface area (Å²) in [6.45, 7) is 9.11. The van der Waals surface area contributed by atoms with Crippen molar-refractivity contribution in [2.45, 2.75) is 34.2 Å². The number of carbonyl (C=O) groups is 1. The maximum atomic E-state index is 13.1. The first-order valence-corrected chi connectivity index (χ1v) is 9.50. The molecule has 3 aromatic rings. The quantitative estimate of drug-likeness (QED) is 0.680. The third-order valence-corrected chi connectivity index (χ3v) is 4.65. The van der Waals surface area contributed by atoms with E-state index in [1.165, 1.54) is 11.1 Å². The lowest BCUT2D eigenvalue weighted by Gasteiger charge is -2.21. The Labute approximate surface area is 166 Å². The summed E-state index contributed by atoms with van der Waals surface area (Å²) in [5.74, 6) is 0.337. The number of hydrogen-bond acceptors (Lipinski definition) is 4. The Balaban J connectivity index is 1.83. The van der Waals surface area contributed by atoms with Gasteiger partial charge in [-0.1, -0.05) is 36.4 Å². The summed E-state index contributed by atoms with van der Waals surface area (Å²) in [6, 6.07) is 17.8. The Morgan fingerprint density at radius 1 is 1.00 bits per heavy atom. The number of nitrogens with zero attached hydrogens (tertiary/aromatic N) is 3. The number of aromatic nitrogens is 2. The van der Waals surface area contributed by atoms with Crippen molar-refractivity contribution in [3.05, 3.63) is 82.7 Å². The monoisotopic (exact) mass is 374 g/mol. The van der Waals surface area contributed by atoms with Crippen molar-refractivity contribution < 1.29 is 4.79 Å². The van der Waals surface area contributed by atoms with Gasteiger partial charge in [0.2, 0.25) is 5.95 Å². The molecular formula is C23H26N4O. The molecule has 0 fully saturated rings. The second kappa shape index (κ2) is 8.65. The molecule has 0 aliphatic carbocycles. The fraction of sp³-hybridized carbons (Fsp3) is 0.261. The van der Waals surface area contributed by atoms with Gasteiger partial charge in [-0.05, 0) is 62.6 Å². The van der Waals surface area contributed by atoms with Crippen molar-refractivity contribution in [3.8, 4) is 0 Å². The van der Waals surface area contributed by atoms with Crippen molar-refractivity contribution >= 4 is 17.5 Å². The molecular weight excluding hydrogens is 348 g/mol. The van der Waals surface area contributed by atoms with Crippen molar-refractivity contribution in [1.29, 1.82) is 0 Å². The molecule has 5 nitrogen and oxygen atoms in total. The number of rotatable bonds is 6. The van der Waals surface area contributed by atoms with Crippen LogP contribution < -0.4 is 10.2 Å². The maximum absolute atomic E-state index is 13.1. The summed E-state index contributed by atoms with van der Waals surface area (Å²) < 4.78 is 0. The van der Waals surface area contributed by atoms with E-state index in [-0.39, 0.29) is 5.91 Å². The Morgan fingerprint density at radius 2 is 1.79 bits per heavy atom. The van der Waals surface area contributed by atoms with Crippen LogP contribution in [0.15, 0.2) is 54.6 Å². The van der Waals surface area contributed by atoms with Crippen LogP contribution in [0.4, 0.5) is 11.6 Å². The molecule has 0 bridgehead atoms. The highest BCUT2D eigenvalue weighted by Gasteiger charge is 2.19. The third-order valence-electron chi connectivity index (χ3n) is 4.65. The number of benzene rings is 2. The van der Waals surface area contributed by atoms with Crippen LogP contribution in [0.25, 0.3) is 0 Å². The molecule has 0 saturated carbocycles. The highest BCUT2D eigenvalue weighted by molar-refractivity contribution is 6.05. The van der Waals surface area contributed by atoms with Gasteiger partial charge in [-0.3, -0.25) is 4.79 Å². The second-order valence-corrected chi connectivity index (χ2v) is 6.89. The van der Waals surface area contributed by atoms with E-state index in [2.05, 4.69) is 34.3 Å². The fourth-order valence-corrected chi connectivity index (χ4v) is 3.12. The molecule has 0 radical (unpaired) electrons. The average molecular weight is 374 g/mol. The van der Waals surface area contributed by atoms with Crippen molar-refractivity contribution in [3.63, 3.8) is 0 Å². The summed E-state index contributed by atoms with van der Waals surface area (Å²) in [4.78, 5) is 23.8.